The van der Waals surface area contributed by atoms with E-state index in [-0.39, 0.29) is 43.3 Å². The number of aromatic nitrogens is 7. The fourth-order valence-electron chi connectivity index (χ4n) is 13.0. The van der Waals surface area contributed by atoms with Crippen molar-refractivity contribution in [1.82, 2.24) is 115 Å². The predicted molar refractivity (Wildman–Crippen MR) is 565 cm³/mol. The maximum Gasteiger partial charge on any atom is 0.277 e. The summed E-state index contributed by atoms with van der Waals surface area (Å²) in [5.74, 6) is 4.73. The second-order valence-electron chi connectivity index (χ2n) is 31.1. The Kier molecular flexibility index (Phi) is 56.1. The van der Waals surface area contributed by atoms with Crippen LogP contribution in [0.15, 0.2) is 144 Å². The average Bonchev–Trinajstić information content (AvgIpc) is 1.82. The molecule has 0 aliphatic carbocycles. The highest BCUT2D eigenvalue weighted by Crippen LogP contribution is 2.34. The molecule has 5 N–H and O–H groups in total. The molecule has 149 heavy (non-hydrogen) atoms. The smallest absolute Gasteiger partial charge is 0.277 e. The zero-order valence-electron chi connectivity index (χ0n) is 81.6. The van der Waals surface area contributed by atoms with Crippen molar-refractivity contribution in [3.63, 3.8) is 0 Å². The van der Waals surface area contributed by atoms with Gasteiger partial charge < -0.3 is 94.5 Å². The molecule has 0 amide bonds. The number of hydrogen-bond donors (Lipinski definition) is 5. The summed E-state index contributed by atoms with van der Waals surface area (Å²) in [7, 11) is 15.4. The number of rotatable bonds is 25. The van der Waals surface area contributed by atoms with E-state index in [1.165, 1.54) is 59.9 Å². The first-order chi connectivity index (χ1) is 71.0. The topological polar surface area (TPSA) is 671 Å². The SMILES string of the molecule is CC(=NC#N)N(C)Cc1cnc(Cl)s1.CC1CS/C(=C\[N+](=O)[O-])N1Cc1ccc(Cl)nc1.CN/C(=N\[N+](=O)[O-])N(C)Cc1ccc(Cl)nc1.CN/C(=N\[N+](=O)[O-])NCc1ccc(Cl)nc1.CN/C(=N\[N+](=O)[O-])NCc1cnc(Cl)s1.CN1CN(C)/C(=N\[N+](=O)[O-])N(CC2CCOC2)C1.CN1COCN(CC2CCOC2)/C1=N/[N+](=O)[O-].CN1COCN(Cc2ccc(Cl)nc2)/C1=N/[N+](=O)[O-].N#CN=C1SCCN1Cc1cnc(Cl)s1. The van der Waals surface area contributed by atoms with Crippen LogP contribution < -0.4 is 26.6 Å². The molecule has 14 rings (SSSR count). The Morgan fingerprint density at radius 3 is 1.41 bits per heavy atom. The Morgan fingerprint density at radius 2 is 0.966 bits per heavy atom. The first-order valence-corrected chi connectivity index (χ1v) is 50.5. The number of nitrogens with zero attached hydrogens (tertiary/aromatic N) is 35. The van der Waals surface area contributed by atoms with Crippen LogP contribution in [0.5, 0.6) is 0 Å². The maximum atomic E-state index is 10.6. The quantitative estimate of drug-likeness (QED) is 0.00887. The minimum atomic E-state index is -0.779. The molecule has 3 atom stereocenters. The van der Waals surface area contributed by atoms with Gasteiger partial charge in [-0.3, -0.25) is 15.0 Å². The van der Waals surface area contributed by atoms with Gasteiger partial charge in [-0.25, -0.2) is 95.6 Å². The molecule has 7 aromatic rings. The zero-order chi connectivity index (χ0) is 110. The Bertz CT molecular complexity index is 5830. The number of nitriles is 2. The molecule has 0 spiro atoms. The molecular formula is C79H105Cl7N40O18S5. The van der Waals surface area contributed by atoms with E-state index in [2.05, 4.69) is 119 Å². The summed E-state index contributed by atoms with van der Waals surface area (Å²) >= 11 is 47.1. The molecule has 808 valence electrons. The van der Waals surface area contributed by atoms with Gasteiger partial charge in [-0.05, 0) is 80.3 Å². The third kappa shape index (κ3) is 48.8. The van der Waals surface area contributed by atoms with Gasteiger partial charge >= 0.3 is 0 Å². The van der Waals surface area contributed by atoms with Crippen molar-refractivity contribution in [1.29, 1.82) is 10.5 Å². The predicted octanol–water partition coefficient (Wildman–Crippen LogP) is 9.61. The van der Waals surface area contributed by atoms with E-state index < -0.39 is 35.1 Å². The third-order valence-electron chi connectivity index (χ3n) is 19.7. The van der Waals surface area contributed by atoms with E-state index in [0.717, 1.165) is 112 Å². The van der Waals surface area contributed by atoms with Crippen molar-refractivity contribution >= 4 is 186 Å². The van der Waals surface area contributed by atoms with Crippen molar-refractivity contribution in [2.24, 2.45) is 52.4 Å². The van der Waals surface area contributed by atoms with Crippen molar-refractivity contribution in [3.8, 4) is 12.4 Å². The maximum absolute atomic E-state index is 10.6. The van der Waals surface area contributed by atoms with Crippen LogP contribution in [-0.4, -0.2) is 338 Å². The Labute approximate surface area is 908 Å². The van der Waals surface area contributed by atoms with Crippen LogP contribution >= 0.6 is 139 Å². The number of aliphatic imine (C=N–C) groups is 2. The van der Waals surface area contributed by atoms with Crippen LogP contribution in [0.2, 0.25) is 34.0 Å². The molecular weight excluding hydrogens is 2210 g/mol. The van der Waals surface area contributed by atoms with Crippen molar-refractivity contribution in [2.75, 3.05) is 161 Å². The number of hydrogen-bond acceptors (Lipinski definition) is 36. The Balaban J connectivity index is 0.000000256. The summed E-state index contributed by atoms with van der Waals surface area (Å²) in [5.41, 5.74) is 3.57. The number of nitrogens with one attached hydrogen (secondary N) is 5. The van der Waals surface area contributed by atoms with E-state index >= 15 is 0 Å². The average molecular weight is 2310 g/mol. The van der Waals surface area contributed by atoms with E-state index in [4.69, 9.17) is 111 Å². The van der Waals surface area contributed by atoms with Gasteiger partial charge in [0.1, 0.15) is 89.0 Å². The molecule has 7 aromatic heterocycles. The van der Waals surface area contributed by atoms with Gasteiger partial charge in [0, 0.05) is 203 Å². The molecule has 0 saturated carbocycles. The summed E-state index contributed by atoms with van der Waals surface area (Å²) in [5, 5.41) is 121. The van der Waals surface area contributed by atoms with Gasteiger partial charge in [0.15, 0.2) is 48.8 Å². The van der Waals surface area contributed by atoms with Gasteiger partial charge in [0.25, 0.3) is 42.0 Å². The molecule has 3 unspecified atom stereocenters. The van der Waals surface area contributed by atoms with Crippen LogP contribution in [-0.2, 0) is 64.8 Å². The molecule has 0 aromatic carbocycles. The standard InChI is InChI=1S/C11H12ClN3O2S.C10H12ClN5O3.C10H19N5O3.C9H12ClN5O2.C9H16N4O4.C8H10ClN5O2.C8H7ClN4S2.C8H9ClN4S.C6H8ClN5O2S/c1-8-7-18-11(6-15(16)17)14(8)5-9-2-3-10(12)13-4-9;1-14-6-19-7-15(10(14)13-16(17)18)5-8-2-3-9(11)12-4-8;1-12-7-13(2)10(11-15(16)17)14(8-12)5-9-3-4-18-6-9;1-11-9(13-15(16)17)14(2)6-7-3-4-8(10)12-5-7;1-11-6-17-7-12(9(11)10-13(14)15)4-8-2-3-16-5-8;1-10-8(13-14(15)16)12-5-6-2-3-7(9)11-4-6;9-7-11-3-6(15-7)4-13-1-2-14-8(13)12-5-10;1-6(12-5-10)13(2)4-7-3-11-8(9)14-7;1-8-6(11-12(13)14)10-3-4-2-9-5(7)15-4/h2-4,6,8H,5,7H2,1H3;2-4H,5-7H2,1H3;9H,3-8H2,1-2H3;3-5H,6H2,1-2H3,(H,11,13);8H,2-7H2,1H3;2-4H,5H2,1H3,(H2,10,12,13);3H,1-2,4H2;3H,4H2,1-2H3;2H,3H2,1H3,(H2,8,10,11)/b11-6-;13-10+;11-10+;;10-9+;;;;. The van der Waals surface area contributed by atoms with E-state index in [1.807, 2.05) is 48.1 Å². The third-order valence-corrected chi connectivity index (χ3v) is 26.2. The molecule has 0 radical (unpaired) electrons. The van der Waals surface area contributed by atoms with Crippen LogP contribution in [0.4, 0.5) is 0 Å². The van der Waals surface area contributed by atoms with Gasteiger partial charge in [-0.2, -0.15) is 15.5 Å². The number of thiazole rings is 3. The highest BCUT2D eigenvalue weighted by atomic mass is 35.5. The van der Waals surface area contributed by atoms with Gasteiger partial charge in [-0.15, -0.1) is 50.8 Å². The second kappa shape index (κ2) is 67.1. The largest absolute Gasteiger partial charge is 0.381 e. The van der Waals surface area contributed by atoms with E-state index in [1.54, 1.807) is 168 Å². The molecule has 0 bridgehead atoms. The summed E-state index contributed by atoms with van der Waals surface area (Å²) < 4.78 is 22.8. The summed E-state index contributed by atoms with van der Waals surface area (Å²) in [6, 6.07) is 14.2. The highest BCUT2D eigenvalue weighted by Gasteiger charge is 2.34. The molecule has 7 fully saturated rings. The molecule has 14 heterocycles. The lowest BCUT2D eigenvalue weighted by atomic mass is 10.1. The second-order valence-corrected chi connectivity index (χ2v) is 39.9. The molecule has 7 saturated heterocycles. The number of nitro groups is 7. The number of halogens is 7. The number of hydrazone groups is 6. The summed E-state index contributed by atoms with van der Waals surface area (Å²) in [6.07, 6.45) is 18.2. The number of thioether (sulfide) groups is 2. The first kappa shape index (κ1) is 125. The van der Waals surface area contributed by atoms with Gasteiger partial charge in [-0.1, -0.05) is 117 Å². The lowest BCUT2D eigenvalue weighted by Gasteiger charge is -2.40. The number of pyridine rings is 4. The van der Waals surface area contributed by atoms with E-state index in [0.29, 0.717) is 148 Å². The Morgan fingerprint density at radius 1 is 0.503 bits per heavy atom. The number of ether oxygens (including phenoxy) is 4. The van der Waals surface area contributed by atoms with Gasteiger partial charge in [0.2, 0.25) is 12.4 Å². The minimum Gasteiger partial charge on any atom is -0.381 e. The van der Waals surface area contributed by atoms with Crippen molar-refractivity contribution < 1.29 is 54.1 Å². The highest BCUT2D eigenvalue weighted by molar-refractivity contribution is 8.14. The van der Waals surface area contributed by atoms with Gasteiger partial charge in [0.05, 0.1) is 51.1 Å². The molecule has 70 heteroatoms. The zero-order valence-corrected chi connectivity index (χ0v) is 91.0. The molecule has 7 aliphatic rings. The normalized spacial score (nSPS) is 17.9. The lowest BCUT2D eigenvalue weighted by molar-refractivity contribution is -0.486. The monoisotopic (exact) mass is 2310 g/mol. The number of guanidine groups is 6. The fourth-order valence-corrected chi connectivity index (χ4v) is 18.5. The minimum absolute atomic E-state index is 0.0833. The lowest BCUT2D eigenvalue weighted by Crippen LogP contribution is -2.57. The fraction of sp³-hybridized carbons (Fsp3) is 0.481. The summed E-state index contributed by atoms with van der Waals surface area (Å²) in [6.45, 7) is 15.2. The molecule has 7 aliphatic heterocycles. The number of amidine groups is 2. The van der Waals surface area contributed by atoms with Crippen LogP contribution in [0.1, 0.15) is 63.6 Å². The van der Waals surface area contributed by atoms with E-state index in [9.17, 15) is 70.8 Å². The summed E-state index contributed by atoms with van der Waals surface area (Å²) in [4.78, 5) is 130. The van der Waals surface area contributed by atoms with Crippen LogP contribution in [0, 0.1) is 106 Å². The van der Waals surface area contributed by atoms with Crippen molar-refractivity contribution in [2.45, 2.75) is 78.5 Å². The van der Waals surface area contributed by atoms with Crippen LogP contribution in [0.25, 0.3) is 0 Å². The van der Waals surface area contributed by atoms with Crippen molar-refractivity contribution in [3.05, 3.63) is 245 Å². The van der Waals surface area contributed by atoms with Crippen LogP contribution in [0.3, 0.4) is 0 Å². The first-order valence-electron chi connectivity index (χ1n) is 43.5. The Hall–Kier alpha value is -13.1. The molecule has 58 nitrogen and oxygen atoms in total.